The first-order valence-electron chi connectivity index (χ1n) is 6.28. The third kappa shape index (κ3) is 3.22. The molecule has 1 heterocycles. The SMILES string of the molecule is COc1ccc([N+](=O)[O-])c(N2CC(C)(OCC(=O)O)C2)c1. The predicted octanol–water partition coefficient (Wildman–Crippen LogP) is 1.28. The van der Waals surface area contributed by atoms with Crippen LogP contribution in [0.3, 0.4) is 0 Å². The fraction of sp³-hybridized carbons (Fsp3) is 0.462. The summed E-state index contributed by atoms with van der Waals surface area (Å²) in [6.07, 6.45) is 0. The highest BCUT2D eigenvalue weighted by Gasteiger charge is 2.42. The molecule has 0 aromatic heterocycles. The molecule has 1 aromatic carbocycles. The lowest BCUT2D eigenvalue weighted by atomic mass is 9.95. The Morgan fingerprint density at radius 3 is 2.71 bits per heavy atom. The molecule has 1 saturated heterocycles. The first-order valence-corrected chi connectivity index (χ1v) is 6.28. The van der Waals surface area contributed by atoms with Crippen LogP contribution in [0.5, 0.6) is 5.75 Å². The van der Waals surface area contributed by atoms with Crippen molar-refractivity contribution in [3.05, 3.63) is 28.3 Å². The molecule has 8 heteroatoms. The number of ether oxygens (including phenoxy) is 2. The second-order valence-electron chi connectivity index (χ2n) is 5.10. The van der Waals surface area contributed by atoms with E-state index in [0.717, 1.165) is 0 Å². The average Bonchev–Trinajstić information content (AvgIpc) is 2.41. The highest BCUT2D eigenvalue weighted by atomic mass is 16.6. The number of hydrogen-bond acceptors (Lipinski definition) is 6. The largest absolute Gasteiger partial charge is 0.497 e. The molecule has 0 unspecified atom stereocenters. The summed E-state index contributed by atoms with van der Waals surface area (Å²) in [5.74, 6) is -0.516. The predicted molar refractivity (Wildman–Crippen MR) is 73.9 cm³/mol. The van der Waals surface area contributed by atoms with Gasteiger partial charge in [-0.3, -0.25) is 10.1 Å². The van der Waals surface area contributed by atoms with Gasteiger partial charge < -0.3 is 19.5 Å². The lowest BCUT2D eigenvalue weighted by Gasteiger charge is -2.48. The molecule has 1 aliphatic heterocycles. The Hall–Kier alpha value is -2.35. The van der Waals surface area contributed by atoms with Gasteiger partial charge in [-0.15, -0.1) is 0 Å². The summed E-state index contributed by atoms with van der Waals surface area (Å²) < 4.78 is 10.4. The third-order valence-corrected chi connectivity index (χ3v) is 3.31. The van der Waals surface area contributed by atoms with Gasteiger partial charge in [0.15, 0.2) is 0 Å². The van der Waals surface area contributed by atoms with E-state index in [1.807, 2.05) is 0 Å². The van der Waals surface area contributed by atoms with Crippen LogP contribution in [-0.4, -0.2) is 48.4 Å². The zero-order chi connectivity index (χ0) is 15.6. The molecule has 1 N–H and O–H groups in total. The van der Waals surface area contributed by atoms with Crippen LogP contribution in [-0.2, 0) is 9.53 Å². The zero-order valence-electron chi connectivity index (χ0n) is 11.7. The van der Waals surface area contributed by atoms with E-state index in [2.05, 4.69) is 0 Å². The highest BCUT2D eigenvalue weighted by Crippen LogP contribution is 2.38. The molecule has 1 aliphatic rings. The lowest BCUT2D eigenvalue weighted by molar-refractivity contribution is -0.384. The zero-order valence-corrected chi connectivity index (χ0v) is 11.7. The van der Waals surface area contributed by atoms with Crippen LogP contribution in [0.4, 0.5) is 11.4 Å². The van der Waals surface area contributed by atoms with E-state index in [0.29, 0.717) is 24.5 Å². The number of carboxylic acids is 1. The van der Waals surface area contributed by atoms with Crippen LogP contribution in [0.1, 0.15) is 6.92 Å². The van der Waals surface area contributed by atoms with E-state index < -0.39 is 16.5 Å². The van der Waals surface area contributed by atoms with Crippen molar-refractivity contribution in [3.8, 4) is 5.75 Å². The van der Waals surface area contributed by atoms with Crippen LogP contribution < -0.4 is 9.64 Å². The van der Waals surface area contributed by atoms with Crippen LogP contribution >= 0.6 is 0 Å². The molecule has 21 heavy (non-hydrogen) atoms. The second kappa shape index (κ2) is 5.57. The van der Waals surface area contributed by atoms with Gasteiger partial charge in [-0.05, 0) is 13.0 Å². The van der Waals surface area contributed by atoms with Gasteiger partial charge in [0.25, 0.3) is 5.69 Å². The summed E-state index contributed by atoms with van der Waals surface area (Å²) >= 11 is 0. The number of carboxylic acid groups (broad SMARTS) is 1. The van der Waals surface area contributed by atoms with Gasteiger partial charge in [0.05, 0.1) is 12.0 Å². The van der Waals surface area contributed by atoms with Gasteiger partial charge in [-0.2, -0.15) is 0 Å². The van der Waals surface area contributed by atoms with E-state index in [1.165, 1.54) is 19.2 Å². The van der Waals surface area contributed by atoms with Crippen LogP contribution in [0, 0.1) is 10.1 Å². The lowest BCUT2D eigenvalue weighted by Crippen LogP contribution is -2.62. The Labute approximate surface area is 121 Å². The van der Waals surface area contributed by atoms with E-state index in [1.54, 1.807) is 17.9 Å². The third-order valence-electron chi connectivity index (χ3n) is 3.31. The normalized spacial score (nSPS) is 16.2. The van der Waals surface area contributed by atoms with Crippen molar-refractivity contribution in [1.82, 2.24) is 0 Å². The van der Waals surface area contributed by atoms with Gasteiger partial charge >= 0.3 is 5.97 Å². The van der Waals surface area contributed by atoms with Gasteiger partial charge in [-0.25, -0.2) is 4.79 Å². The summed E-state index contributed by atoms with van der Waals surface area (Å²) in [4.78, 5) is 22.9. The van der Waals surface area contributed by atoms with E-state index in [4.69, 9.17) is 14.6 Å². The molecule has 0 bridgehead atoms. The molecule has 0 saturated carbocycles. The van der Waals surface area contributed by atoms with E-state index in [9.17, 15) is 14.9 Å². The summed E-state index contributed by atoms with van der Waals surface area (Å²) in [6, 6.07) is 4.51. The van der Waals surface area contributed by atoms with E-state index in [-0.39, 0.29) is 12.3 Å². The minimum atomic E-state index is -1.04. The van der Waals surface area contributed by atoms with Crippen molar-refractivity contribution in [3.63, 3.8) is 0 Å². The number of nitro benzene ring substituents is 1. The topological polar surface area (TPSA) is 102 Å². The quantitative estimate of drug-likeness (QED) is 0.623. The number of aliphatic carboxylic acids is 1. The molecule has 8 nitrogen and oxygen atoms in total. The number of nitrogens with zero attached hydrogens (tertiary/aromatic N) is 2. The number of anilines is 1. The summed E-state index contributed by atoms with van der Waals surface area (Å²) in [5, 5.41) is 19.7. The highest BCUT2D eigenvalue weighted by molar-refractivity contribution is 5.69. The molecule has 0 amide bonds. The Morgan fingerprint density at radius 2 is 2.19 bits per heavy atom. The van der Waals surface area contributed by atoms with Crippen molar-refractivity contribution < 1.29 is 24.3 Å². The van der Waals surface area contributed by atoms with Crippen molar-refractivity contribution in [1.29, 1.82) is 0 Å². The Kier molecular flexibility index (Phi) is 3.99. The Bertz CT molecular complexity index is 568. The number of carbonyl (C=O) groups is 1. The molecule has 2 rings (SSSR count). The average molecular weight is 296 g/mol. The molecular formula is C13H16N2O6. The van der Waals surface area contributed by atoms with Gasteiger partial charge in [-0.1, -0.05) is 0 Å². The van der Waals surface area contributed by atoms with Crippen molar-refractivity contribution in [2.75, 3.05) is 31.7 Å². The van der Waals surface area contributed by atoms with Gasteiger partial charge in [0, 0.05) is 25.2 Å². The Morgan fingerprint density at radius 1 is 1.52 bits per heavy atom. The monoisotopic (exact) mass is 296 g/mol. The maximum absolute atomic E-state index is 11.1. The fourth-order valence-corrected chi connectivity index (χ4v) is 2.30. The van der Waals surface area contributed by atoms with Crippen LogP contribution in [0.15, 0.2) is 18.2 Å². The minimum absolute atomic E-state index is 0.0175. The Balaban J connectivity index is 2.13. The molecule has 0 aliphatic carbocycles. The van der Waals surface area contributed by atoms with E-state index >= 15 is 0 Å². The number of methoxy groups -OCH3 is 1. The summed E-state index contributed by atoms with van der Waals surface area (Å²) in [7, 11) is 1.49. The van der Waals surface area contributed by atoms with Gasteiger partial charge in [0.1, 0.15) is 23.6 Å². The van der Waals surface area contributed by atoms with Crippen LogP contribution in [0.2, 0.25) is 0 Å². The van der Waals surface area contributed by atoms with Crippen molar-refractivity contribution in [2.45, 2.75) is 12.5 Å². The first-order chi connectivity index (χ1) is 9.84. The van der Waals surface area contributed by atoms with Crippen molar-refractivity contribution in [2.24, 2.45) is 0 Å². The maximum Gasteiger partial charge on any atom is 0.329 e. The molecule has 0 radical (unpaired) electrons. The maximum atomic E-state index is 11.1. The molecule has 1 aromatic rings. The number of rotatable bonds is 6. The molecule has 0 atom stereocenters. The molecule has 0 spiro atoms. The first kappa shape index (κ1) is 15.0. The molecule has 1 fully saturated rings. The minimum Gasteiger partial charge on any atom is -0.497 e. The summed E-state index contributed by atoms with van der Waals surface area (Å²) in [6.45, 7) is 2.16. The van der Waals surface area contributed by atoms with Crippen molar-refractivity contribution >= 4 is 17.3 Å². The number of benzene rings is 1. The second-order valence-corrected chi connectivity index (χ2v) is 5.10. The smallest absolute Gasteiger partial charge is 0.329 e. The van der Waals surface area contributed by atoms with Gasteiger partial charge in [0.2, 0.25) is 0 Å². The molecule has 114 valence electrons. The standard InChI is InChI=1S/C13H16N2O6/c1-13(21-6-12(16)17)7-14(8-13)11-5-9(20-2)3-4-10(11)15(18)19/h3-5H,6-8H2,1-2H3,(H,16,17). The number of nitro groups is 1. The summed E-state index contributed by atoms with van der Waals surface area (Å²) in [5.41, 5.74) is -0.193. The molecular weight excluding hydrogens is 280 g/mol. The number of hydrogen-bond donors (Lipinski definition) is 1. The van der Waals surface area contributed by atoms with Crippen LogP contribution in [0.25, 0.3) is 0 Å². The fourth-order valence-electron chi connectivity index (χ4n) is 2.30.